The number of hydrogen-bond donors (Lipinski definition) is 1. The summed E-state index contributed by atoms with van der Waals surface area (Å²) in [5, 5.41) is 16.5. The van der Waals surface area contributed by atoms with Crippen LogP contribution in [0.3, 0.4) is 0 Å². The molecule has 1 N–H and O–H groups in total. The summed E-state index contributed by atoms with van der Waals surface area (Å²) >= 11 is 1.37. The molecule has 7 nitrogen and oxygen atoms in total. The molecule has 92 valence electrons. The Morgan fingerprint density at radius 1 is 1.62 bits per heavy atom. The number of carbonyl (C=O) groups excluding carboxylic acids is 1. The van der Waals surface area contributed by atoms with Crippen molar-refractivity contribution in [1.29, 1.82) is 0 Å². The molecule has 0 aromatic heterocycles. The largest absolute Gasteiger partial charge is 0.433 e. The maximum Gasteiger partial charge on any atom is 0.433 e. The summed E-state index contributed by atoms with van der Waals surface area (Å²) in [5.41, 5.74) is -1.15. The van der Waals surface area contributed by atoms with Crippen LogP contribution < -0.4 is 5.32 Å². The molecular weight excluding hydrogens is 234 g/mol. The standard InChI is InChI=1S/C8H15N3O4S/c1-8(2,11(13)14)6(5-16-4)10-15-7(12)9-3/h5H2,1-4H3,(H,9,12). The van der Waals surface area contributed by atoms with E-state index in [4.69, 9.17) is 0 Å². The van der Waals surface area contributed by atoms with E-state index in [9.17, 15) is 14.9 Å². The third-order valence-electron chi connectivity index (χ3n) is 1.89. The lowest BCUT2D eigenvalue weighted by molar-refractivity contribution is -0.538. The number of amides is 1. The van der Waals surface area contributed by atoms with Gasteiger partial charge >= 0.3 is 6.09 Å². The topological polar surface area (TPSA) is 93.8 Å². The fraction of sp³-hybridized carbons (Fsp3) is 0.750. The van der Waals surface area contributed by atoms with Crippen molar-refractivity contribution < 1.29 is 14.6 Å². The van der Waals surface area contributed by atoms with Gasteiger partial charge in [-0.05, 0) is 6.26 Å². The van der Waals surface area contributed by atoms with Gasteiger partial charge in [0.1, 0.15) is 5.71 Å². The SMILES string of the molecule is CNC(=O)ON=C(CSC)C(C)(C)[N+](=O)[O-]. The van der Waals surface area contributed by atoms with Gasteiger partial charge in [-0.15, -0.1) is 0 Å². The van der Waals surface area contributed by atoms with Crippen molar-refractivity contribution in [3.63, 3.8) is 0 Å². The lowest BCUT2D eigenvalue weighted by atomic mass is 10.0. The fourth-order valence-electron chi connectivity index (χ4n) is 0.699. The van der Waals surface area contributed by atoms with Crippen molar-refractivity contribution in [3.8, 4) is 0 Å². The zero-order chi connectivity index (χ0) is 12.8. The van der Waals surface area contributed by atoms with Crippen molar-refractivity contribution in [2.75, 3.05) is 19.1 Å². The highest BCUT2D eigenvalue weighted by Gasteiger charge is 2.38. The van der Waals surface area contributed by atoms with Crippen LogP contribution in [0.4, 0.5) is 4.79 Å². The Hall–Kier alpha value is -1.31. The molecule has 0 aromatic rings. The first-order valence-corrected chi connectivity index (χ1v) is 5.85. The molecule has 0 heterocycles. The van der Waals surface area contributed by atoms with Gasteiger partial charge in [0.05, 0.1) is 0 Å². The van der Waals surface area contributed by atoms with Crippen molar-refractivity contribution in [2.24, 2.45) is 5.16 Å². The molecule has 0 aliphatic heterocycles. The number of nitro groups is 1. The van der Waals surface area contributed by atoms with Crippen molar-refractivity contribution >= 4 is 23.6 Å². The number of thioether (sulfide) groups is 1. The van der Waals surface area contributed by atoms with E-state index >= 15 is 0 Å². The summed E-state index contributed by atoms with van der Waals surface area (Å²) < 4.78 is 0. The molecule has 0 saturated heterocycles. The van der Waals surface area contributed by atoms with E-state index in [0.717, 1.165) is 0 Å². The van der Waals surface area contributed by atoms with E-state index in [1.54, 1.807) is 6.26 Å². The van der Waals surface area contributed by atoms with Crippen LogP contribution in [0.1, 0.15) is 13.8 Å². The Bertz CT molecular complexity index is 304. The zero-order valence-corrected chi connectivity index (χ0v) is 10.5. The van der Waals surface area contributed by atoms with Crippen LogP contribution >= 0.6 is 11.8 Å². The van der Waals surface area contributed by atoms with Crippen LogP contribution in [0.25, 0.3) is 0 Å². The molecule has 0 spiro atoms. The van der Waals surface area contributed by atoms with Crippen LogP contribution in [-0.4, -0.2) is 41.3 Å². The molecule has 0 aliphatic carbocycles. The van der Waals surface area contributed by atoms with Gasteiger partial charge in [-0.3, -0.25) is 15.0 Å². The van der Waals surface area contributed by atoms with Crippen molar-refractivity contribution in [1.82, 2.24) is 5.32 Å². The molecule has 8 heteroatoms. The number of nitrogens with one attached hydrogen (secondary N) is 1. The molecule has 0 atom stereocenters. The van der Waals surface area contributed by atoms with Gasteiger partial charge in [0.25, 0.3) is 5.54 Å². The average molecular weight is 249 g/mol. The maximum atomic E-state index is 10.8. The Morgan fingerprint density at radius 3 is 2.56 bits per heavy atom. The van der Waals surface area contributed by atoms with Gasteiger partial charge in [-0.2, -0.15) is 11.8 Å². The van der Waals surface area contributed by atoms with Gasteiger partial charge in [-0.1, -0.05) is 5.16 Å². The van der Waals surface area contributed by atoms with Gasteiger partial charge in [0.15, 0.2) is 0 Å². The van der Waals surface area contributed by atoms with E-state index in [1.165, 1.54) is 32.7 Å². The highest BCUT2D eigenvalue weighted by molar-refractivity contribution is 7.99. The number of carbonyl (C=O) groups is 1. The van der Waals surface area contributed by atoms with Crippen molar-refractivity contribution in [2.45, 2.75) is 19.4 Å². The second kappa shape index (κ2) is 6.31. The number of oxime groups is 1. The first kappa shape index (κ1) is 14.7. The summed E-state index contributed by atoms with van der Waals surface area (Å²) in [6.07, 6.45) is 1.03. The third kappa shape index (κ3) is 4.05. The fourth-order valence-corrected chi connectivity index (χ4v) is 1.38. The Kier molecular flexibility index (Phi) is 5.79. The quantitative estimate of drug-likeness (QED) is 0.341. The number of nitrogens with zero attached hydrogens (tertiary/aromatic N) is 2. The molecule has 16 heavy (non-hydrogen) atoms. The molecule has 0 rings (SSSR count). The van der Waals surface area contributed by atoms with Crippen LogP contribution in [0.15, 0.2) is 5.16 Å². The summed E-state index contributed by atoms with van der Waals surface area (Å²) in [4.78, 5) is 25.6. The van der Waals surface area contributed by atoms with E-state index < -0.39 is 16.6 Å². The van der Waals surface area contributed by atoms with Crippen LogP contribution in [0.5, 0.6) is 0 Å². The average Bonchev–Trinajstić information content (AvgIpc) is 2.23. The maximum absolute atomic E-state index is 10.8. The van der Waals surface area contributed by atoms with Gasteiger partial charge in [0, 0.05) is 31.6 Å². The van der Waals surface area contributed by atoms with Gasteiger partial charge in [0.2, 0.25) is 0 Å². The molecule has 0 radical (unpaired) electrons. The Labute approximate surface area is 97.7 Å². The van der Waals surface area contributed by atoms with Crippen LogP contribution in [-0.2, 0) is 4.84 Å². The Balaban J connectivity index is 4.85. The highest BCUT2D eigenvalue weighted by atomic mass is 32.2. The van der Waals surface area contributed by atoms with E-state index in [0.29, 0.717) is 5.75 Å². The highest BCUT2D eigenvalue weighted by Crippen LogP contribution is 2.14. The third-order valence-corrected chi connectivity index (χ3v) is 2.45. The second-order valence-electron chi connectivity index (χ2n) is 3.42. The lowest BCUT2D eigenvalue weighted by Crippen LogP contribution is -2.42. The van der Waals surface area contributed by atoms with E-state index in [2.05, 4.69) is 15.3 Å². The normalized spacial score (nSPS) is 12.1. The van der Waals surface area contributed by atoms with E-state index in [1.807, 2.05) is 0 Å². The Morgan fingerprint density at radius 2 is 2.19 bits per heavy atom. The monoisotopic (exact) mass is 249 g/mol. The summed E-state index contributed by atoms with van der Waals surface area (Å²) in [6, 6.07) is 0. The summed E-state index contributed by atoms with van der Waals surface area (Å²) in [7, 11) is 1.38. The zero-order valence-electron chi connectivity index (χ0n) is 9.64. The molecule has 0 aliphatic rings. The van der Waals surface area contributed by atoms with Gasteiger partial charge in [-0.25, -0.2) is 4.79 Å². The molecule has 0 unspecified atom stereocenters. The second-order valence-corrected chi connectivity index (χ2v) is 4.28. The van der Waals surface area contributed by atoms with Crippen molar-refractivity contribution in [3.05, 3.63) is 10.1 Å². The smallest absolute Gasteiger partial charge is 0.323 e. The van der Waals surface area contributed by atoms with E-state index in [-0.39, 0.29) is 5.71 Å². The molecule has 0 bridgehead atoms. The summed E-state index contributed by atoms with van der Waals surface area (Å²) in [6.45, 7) is 2.82. The van der Waals surface area contributed by atoms with Gasteiger partial charge < -0.3 is 5.32 Å². The first-order chi connectivity index (χ1) is 7.36. The number of hydrogen-bond acceptors (Lipinski definition) is 6. The predicted molar refractivity (Wildman–Crippen MR) is 62.4 cm³/mol. The first-order valence-electron chi connectivity index (χ1n) is 4.45. The molecule has 1 amide bonds. The van der Waals surface area contributed by atoms with Crippen LogP contribution in [0.2, 0.25) is 0 Å². The molecule has 0 saturated carbocycles. The van der Waals surface area contributed by atoms with Crippen LogP contribution in [0, 0.1) is 10.1 Å². The molecule has 0 fully saturated rings. The molecule has 0 aromatic carbocycles. The lowest BCUT2D eigenvalue weighted by Gasteiger charge is -2.16. The predicted octanol–water partition coefficient (Wildman–Crippen LogP) is 1.12. The summed E-state index contributed by atoms with van der Waals surface area (Å²) in [5.74, 6) is 0.324. The minimum absolute atomic E-state index is 0.202. The number of rotatable bonds is 5. The minimum Gasteiger partial charge on any atom is -0.323 e. The minimum atomic E-state index is -1.35. The molecular formula is C8H15N3O4S.